The van der Waals surface area contributed by atoms with Gasteiger partial charge in [-0.25, -0.2) is 0 Å². The number of nitrogens with one attached hydrogen (secondary N) is 1. The monoisotopic (exact) mass is 416 g/mol. The van der Waals surface area contributed by atoms with Crippen molar-refractivity contribution in [3.8, 4) is 0 Å². The topological polar surface area (TPSA) is 75.7 Å². The summed E-state index contributed by atoms with van der Waals surface area (Å²) in [4.78, 5) is 39.8. The van der Waals surface area contributed by atoms with Crippen LogP contribution in [0.15, 0.2) is 58.3 Å². The van der Waals surface area contributed by atoms with Crippen molar-refractivity contribution in [3.05, 3.63) is 48.5 Å². The second kappa shape index (κ2) is 9.66. The Labute approximate surface area is 172 Å². The first-order chi connectivity index (χ1) is 13.6. The molecule has 0 saturated heterocycles. The third-order valence-electron chi connectivity index (χ3n) is 4.09. The number of benzene rings is 2. The van der Waals surface area contributed by atoms with E-state index in [1.165, 1.54) is 23.5 Å². The standard InChI is InChI=1S/C20H20N2O4S2/c1-27-16-8-4-2-6-14(16)21-18(23)12-26-20(25)10-11-22-15-7-3-5-9-17(15)28-13-19(22)24/h2-9H,10-13H2,1H3,(H,21,23). The molecule has 2 amide bonds. The number of hydrogen-bond acceptors (Lipinski definition) is 6. The molecule has 28 heavy (non-hydrogen) atoms. The van der Waals surface area contributed by atoms with Gasteiger partial charge in [-0.2, -0.15) is 0 Å². The van der Waals surface area contributed by atoms with Crippen LogP contribution in [0, 0.1) is 0 Å². The molecule has 6 nitrogen and oxygen atoms in total. The zero-order valence-corrected chi connectivity index (χ0v) is 17.0. The molecule has 2 aromatic rings. The summed E-state index contributed by atoms with van der Waals surface area (Å²) in [5.74, 6) is -0.603. The Balaban J connectivity index is 1.48. The minimum atomic E-state index is -0.517. The summed E-state index contributed by atoms with van der Waals surface area (Å²) in [6, 6.07) is 15.0. The number of anilines is 2. The molecule has 1 heterocycles. The molecule has 0 bridgehead atoms. The summed E-state index contributed by atoms with van der Waals surface area (Å²) < 4.78 is 5.06. The highest BCUT2D eigenvalue weighted by atomic mass is 32.2. The first-order valence-electron chi connectivity index (χ1n) is 8.69. The third-order valence-corrected chi connectivity index (χ3v) is 5.94. The normalized spacial score (nSPS) is 13.0. The van der Waals surface area contributed by atoms with E-state index in [-0.39, 0.29) is 25.5 Å². The molecule has 8 heteroatoms. The minimum absolute atomic E-state index is 0.0272. The lowest BCUT2D eigenvalue weighted by atomic mass is 10.2. The van der Waals surface area contributed by atoms with Crippen LogP contribution in [-0.2, 0) is 19.1 Å². The van der Waals surface area contributed by atoms with E-state index in [1.54, 1.807) is 11.0 Å². The number of carbonyl (C=O) groups excluding carboxylic acids is 3. The van der Waals surface area contributed by atoms with Crippen molar-refractivity contribution < 1.29 is 19.1 Å². The molecule has 1 N–H and O–H groups in total. The summed E-state index contributed by atoms with van der Waals surface area (Å²) in [6.45, 7) is -0.131. The van der Waals surface area contributed by atoms with E-state index in [0.717, 1.165) is 15.5 Å². The van der Waals surface area contributed by atoms with Gasteiger partial charge in [0.25, 0.3) is 5.91 Å². The van der Waals surface area contributed by atoms with Crippen LogP contribution >= 0.6 is 23.5 Å². The fourth-order valence-electron chi connectivity index (χ4n) is 2.75. The lowest BCUT2D eigenvalue weighted by molar-refractivity contribution is -0.147. The van der Waals surface area contributed by atoms with Crippen molar-refractivity contribution in [2.75, 3.05) is 35.4 Å². The number of para-hydroxylation sites is 2. The van der Waals surface area contributed by atoms with Crippen LogP contribution < -0.4 is 10.2 Å². The van der Waals surface area contributed by atoms with Gasteiger partial charge in [0.05, 0.1) is 23.5 Å². The van der Waals surface area contributed by atoms with Crippen molar-refractivity contribution in [2.45, 2.75) is 16.2 Å². The van der Waals surface area contributed by atoms with E-state index in [4.69, 9.17) is 4.74 Å². The maximum absolute atomic E-state index is 12.2. The van der Waals surface area contributed by atoms with Gasteiger partial charge in [0, 0.05) is 16.3 Å². The van der Waals surface area contributed by atoms with Crippen LogP contribution in [0.4, 0.5) is 11.4 Å². The van der Waals surface area contributed by atoms with Crippen LogP contribution in [0.1, 0.15) is 6.42 Å². The molecule has 0 radical (unpaired) electrons. The van der Waals surface area contributed by atoms with E-state index in [2.05, 4.69) is 5.32 Å². The molecule has 1 aliphatic heterocycles. The van der Waals surface area contributed by atoms with Gasteiger partial charge in [-0.05, 0) is 30.5 Å². The molecule has 0 atom stereocenters. The van der Waals surface area contributed by atoms with Crippen LogP contribution in [0.5, 0.6) is 0 Å². The molecular formula is C20H20N2O4S2. The molecule has 0 aliphatic carbocycles. The number of thioether (sulfide) groups is 2. The highest BCUT2D eigenvalue weighted by Gasteiger charge is 2.25. The number of esters is 1. The summed E-state index contributed by atoms with van der Waals surface area (Å²) >= 11 is 3.01. The SMILES string of the molecule is CSc1ccccc1NC(=O)COC(=O)CCN1C(=O)CSc2ccccc21. The number of hydrogen-bond donors (Lipinski definition) is 1. The number of carbonyl (C=O) groups is 3. The first kappa shape index (κ1) is 20.3. The second-order valence-electron chi connectivity index (χ2n) is 5.96. The van der Waals surface area contributed by atoms with E-state index in [9.17, 15) is 14.4 Å². The lowest BCUT2D eigenvalue weighted by Gasteiger charge is -2.28. The van der Waals surface area contributed by atoms with E-state index in [0.29, 0.717) is 11.4 Å². The van der Waals surface area contributed by atoms with Gasteiger partial charge in [-0.1, -0.05) is 24.3 Å². The van der Waals surface area contributed by atoms with Gasteiger partial charge < -0.3 is 15.0 Å². The van der Waals surface area contributed by atoms with Gasteiger partial charge in [0.2, 0.25) is 5.91 Å². The molecule has 0 saturated carbocycles. The molecule has 0 unspecified atom stereocenters. The van der Waals surface area contributed by atoms with Gasteiger partial charge >= 0.3 is 5.97 Å². The van der Waals surface area contributed by atoms with Gasteiger partial charge in [-0.15, -0.1) is 23.5 Å². The predicted octanol–water partition coefficient (Wildman–Crippen LogP) is 3.42. The number of rotatable bonds is 7. The molecule has 3 rings (SSSR count). The Kier molecular flexibility index (Phi) is 7.00. The van der Waals surface area contributed by atoms with Crippen molar-refractivity contribution in [1.82, 2.24) is 0 Å². The van der Waals surface area contributed by atoms with E-state index < -0.39 is 11.9 Å². The number of fused-ring (bicyclic) bond motifs is 1. The zero-order valence-electron chi connectivity index (χ0n) is 15.3. The van der Waals surface area contributed by atoms with Crippen molar-refractivity contribution in [1.29, 1.82) is 0 Å². The molecule has 0 spiro atoms. The highest BCUT2D eigenvalue weighted by molar-refractivity contribution is 8.00. The Morgan fingerprint density at radius 1 is 1.18 bits per heavy atom. The lowest BCUT2D eigenvalue weighted by Crippen LogP contribution is -2.37. The van der Waals surface area contributed by atoms with Crippen LogP contribution in [0.2, 0.25) is 0 Å². The molecule has 2 aromatic carbocycles. The zero-order chi connectivity index (χ0) is 19.9. The molecule has 0 aromatic heterocycles. The largest absolute Gasteiger partial charge is 0.456 e. The fourth-order valence-corrected chi connectivity index (χ4v) is 4.24. The Hall–Kier alpha value is -2.45. The maximum Gasteiger partial charge on any atom is 0.308 e. The van der Waals surface area contributed by atoms with Crippen molar-refractivity contribution in [2.24, 2.45) is 0 Å². The molecule has 0 fully saturated rings. The van der Waals surface area contributed by atoms with Gasteiger partial charge in [0.15, 0.2) is 6.61 Å². The average molecular weight is 417 g/mol. The van der Waals surface area contributed by atoms with Crippen LogP contribution in [-0.4, -0.2) is 42.9 Å². The maximum atomic E-state index is 12.2. The Bertz CT molecular complexity index is 888. The average Bonchev–Trinajstić information content (AvgIpc) is 2.72. The second-order valence-corrected chi connectivity index (χ2v) is 7.83. The third kappa shape index (κ3) is 5.08. The van der Waals surface area contributed by atoms with Gasteiger partial charge in [-0.3, -0.25) is 14.4 Å². The Morgan fingerprint density at radius 2 is 1.93 bits per heavy atom. The number of amides is 2. The van der Waals surface area contributed by atoms with E-state index in [1.807, 2.05) is 48.7 Å². The summed E-state index contributed by atoms with van der Waals surface area (Å²) in [5.41, 5.74) is 1.49. The van der Waals surface area contributed by atoms with Gasteiger partial charge in [0.1, 0.15) is 0 Å². The van der Waals surface area contributed by atoms with Crippen LogP contribution in [0.25, 0.3) is 0 Å². The molecular weight excluding hydrogens is 396 g/mol. The van der Waals surface area contributed by atoms with Crippen LogP contribution in [0.3, 0.4) is 0 Å². The summed E-state index contributed by atoms with van der Waals surface area (Å²) in [7, 11) is 0. The quantitative estimate of drug-likeness (QED) is 0.551. The Morgan fingerprint density at radius 3 is 2.75 bits per heavy atom. The summed E-state index contributed by atoms with van der Waals surface area (Å²) in [6.07, 6.45) is 1.95. The fraction of sp³-hybridized carbons (Fsp3) is 0.250. The smallest absolute Gasteiger partial charge is 0.308 e. The molecule has 146 valence electrons. The van der Waals surface area contributed by atoms with Crippen molar-refractivity contribution in [3.63, 3.8) is 0 Å². The number of nitrogens with zero attached hydrogens (tertiary/aromatic N) is 1. The number of ether oxygens (including phenoxy) is 1. The van der Waals surface area contributed by atoms with Crippen molar-refractivity contribution >= 4 is 52.7 Å². The van der Waals surface area contributed by atoms with E-state index >= 15 is 0 Å². The first-order valence-corrected chi connectivity index (χ1v) is 10.9. The highest BCUT2D eigenvalue weighted by Crippen LogP contribution is 2.34. The predicted molar refractivity (Wildman–Crippen MR) is 112 cm³/mol. The molecule has 1 aliphatic rings. The summed E-state index contributed by atoms with van der Waals surface area (Å²) in [5, 5.41) is 2.74. The minimum Gasteiger partial charge on any atom is -0.456 e.